The maximum Gasteiger partial charge on any atom is 0.0885 e. The van der Waals surface area contributed by atoms with E-state index in [0.717, 1.165) is 52.0 Å². The monoisotopic (exact) mass is 398 g/mol. The number of aliphatic hydroxyl groups is 1. The predicted molar refractivity (Wildman–Crippen MR) is 123 cm³/mol. The van der Waals surface area contributed by atoms with Gasteiger partial charge < -0.3 is 19.6 Å². The van der Waals surface area contributed by atoms with Crippen LogP contribution in [-0.4, -0.2) is 61.0 Å². The van der Waals surface area contributed by atoms with Crippen LogP contribution in [0.4, 0.5) is 5.69 Å². The fraction of sp³-hybridized carbons (Fsp3) is 0.520. The van der Waals surface area contributed by atoms with Gasteiger partial charge in [-0.15, -0.1) is 13.2 Å². The molecule has 1 atom stereocenters. The van der Waals surface area contributed by atoms with Crippen LogP contribution in [0.15, 0.2) is 67.8 Å². The van der Waals surface area contributed by atoms with Gasteiger partial charge in [0.15, 0.2) is 0 Å². The van der Waals surface area contributed by atoms with E-state index in [0.29, 0.717) is 6.42 Å². The zero-order valence-electron chi connectivity index (χ0n) is 18.1. The SMILES string of the molecule is C=C.C=C/C(=C\C)CCN1CCC2(CC1)CN(c1ccccc1)CC(CCO)O2. The minimum atomic E-state index is -0.0910. The molecular weight excluding hydrogens is 360 g/mol. The van der Waals surface area contributed by atoms with Crippen LogP contribution in [0.2, 0.25) is 0 Å². The van der Waals surface area contributed by atoms with Crippen molar-refractivity contribution in [2.45, 2.75) is 44.3 Å². The van der Waals surface area contributed by atoms with Gasteiger partial charge in [-0.2, -0.15) is 0 Å². The van der Waals surface area contributed by atoms with E-state index in [1.807, 2.05) is 6.08 Å². The third-order valence-electron chi connectivity index (χ3n) is 6.01. The Morgan fingerprint density at radius 1 is 1.24 bits per heavy atom. The molecule has 0 radical (unpaired) electrons. The van der Waals surface area contributed by atoms with E-state index in [-0.39, 0.29) is 18.3 Å². The number of nitrogens with zero attached hydrogens (tertiary/aromatic N) is 2. The summed E-state index contributed by atoms with van der Waals surface area (Å²) in [5, 5.41) is 9.45. The van der Waals surface area contributed by atoms with Crippen LogP contribution in [0.25, 0.3) is 0 Å². The molecule has 0 aliphatic carbocycles. The van der Waals surface area contributed by atoms with Crippen molar-refractivity contribution in [2.75, 3.05) is 44.2 Å². The summed E-state index contributed by atoms with van der Waals surface area (Å²) in [4.78, 5) is 5.00. The van der Waals surface area contributed by atoms with Crippen molar-refractivity contribution in [2.24, 2.45) is 0 Å². The molecular formula is C25H38N2O2. The fourth-order valence-electron chi connectivity index (χ4n) is 4.33. The summed E-state index contributed by atoms with van der Waals surface area (Å²) >= 11 is 0. The summed E-state index contributed by atoms with van der Waals surface area (Å²) in [6.45, 7) is 17.2. The summed E-state index contributed by atoms with van der Waals surface area (Å²) in [7, 11) is 0. The summed E-state index contributed by atoms with van der Waals surface area (Å²) < 4.78 is 6.57. The Balaban J connectivity index is 0.00000145. The molecule has 1 N–H and O–H groups in total. The van der Waals surface area contributed by atoms with Crippen molar-refractivity contribution in [3.05, 3.63) is 67.8 Å². The maximum absolute atomic E-state index is 9.45. The lowest BCUT2D eigenvalue weighted by Gasteiger charge is -2.50. The molecule has 160 valence electrons. The molecule has 2 aliphatic heterocycles. The molecule has 0 aromatic heterocycles. The lowest BCUT2D eigenvalue weighted by Crippen LogP contribution is -2.60. The Kier molecular flexibility index (Phi) is 9.65. The summed E-state index contributed by atoms with van der Waals surface area (Å²) in [5.41, 5.74) is 2.49. The van der Waals surface area contributed by atoms with Gasteiger partial charge in [0.2, 0.25) is 0 Å². The first-order valence-corrected chi connectivity index (χ1v) is 10.8. The largest absolute Gasteiger partial charge is 0.396 e. The first-order valence-electron chi connectivity index (χ1n) is 10.8. The zero-order chi connectivity index (χ0) is 21.1. The van der Waals surface area contributed by atoms with Crippen LogP contribution in [0.3, 0.4) is 0 Å². The maximum atomic E-state index is 9.45. The van der Waals surface area contributed by atoms with Gasteiger partial charge in [-0.05, 0) is 44.7 Å². The average Bonchev–Trinajstić information content (AvgIpc) is 2.78. The first kappa shape index (κ1) is 23.4. The van der Waals surface area contributed by atoms with Crippen LogP contribution >= 0.6 is 0 Å². The number of aliphatic hydroxyl groups excluding tert-OH is 1. The van der Waals surface area contributed by atoms with Gasteiger partial charge in [-0.3, -0.25) is 0 Å². The van der Waals surface area contributed by atoms with Crippen molar-refractivity contribution >= 4 is 5.69 Å². The highest BCUT2D eigenvalue weighted by molar-refractivity contribution is 5.47. The van der Waals surface area contributed by atoms with Crippen molar-refractivity contribution in [1.82, 2.24) is 4.90 Å². The molecule has 1 unspecified atom stereocenters. The van der Waals surface area contributed by atoms with Crippen molar-refractivity contribution in [3.8, 4) is 0 Å². The van der Waals surface area contributed by atoms with Gasteiger partial charge in [-0.25, -0.2) is 0 Å². The first-order chi connectivity index (χ1) is 14.2. The number of para-hydroxylation sites is 1. The number of benzene rings is 1. The Morgan fingerprint density at radius 2 is 1.93 bits per heavy atom. The zero-order valence-corrected chi connectivity index (χ0v) is 18.1. The topological polar surface area (TPSA) is 35.9 Å². The van der Waals surface area contributed by atoms with Gasteiger partial charge in [0.25, 0.3) is 0 Å². The van der Waals surface area contributed by atoms with E-state index in [4.69, 9.17) is 4.74 Å². The highest BCUT2D eigenvalue weighted by atomic mass is 16.5. The van der Waals surface area contributed by atoms with Crippen molar-refractivity contribution < 1.29 is 9.84 Å². The summed E-state index contributed by atoms with van der Waals surface area (Å²) in [5.74, 6) is 0. The van der Waals surface area contributed by atoms with E-state index < -0.39 is 0 Å². The average molecular weight is 399 g/mol. The molecule has 3 rings (SSSR count). The summed E-state index contributed by atoms with van der Waals surface area (Å²) in [6, 6.07) is 10.6. The summed E-state index contributed by atoms with van der Waals surface area (Å²) in [6.07, 6.45) is 8.10. The Labute approximate surface area is 177 Å². The van der Waals surface area contributed by atoms with Crippen molar-refractivity contribution in [3.63, 3.8) is 0 Å². The second-order valence-electron chi connectivity index (χ2n) is 7.81. The van der Waals surface area contributed by atoms with Gasteiger partial charge in [-0.1, -0.05) is 42.5 Å². The molecule has 4 heteroatoms. The molecule has 0 saturated carbocycles. The number of morpholine rings is 1. The molecule has 2 saturated heterocycles. The highest BCUT2D eigenvalue weighted by Gasteiger charge is 2.42. The number of hydrogen-bond acceptors (Lipinski definition) is 4. The van der Waals surface area contributed by atoms with E-state index in [2.05, 4.69) is 72.9 Å². The van der Waals surface area contributed by atoms with E-state index >= 15 is 0 Å². The third kappa shape index (κ3) is 6.56. The molecule has 2 aliphatic rings. The minimum absolute atomic E-state index is 0.0910. The quantitative estimate of drug-likeness (QED) is 0.544. The molecule has 1 aromatic carbocycles. The predicted octanol–water partition coefficient (Wildman–Crippen LogP) is 4.43. The van der Waals surface area contributed by atoms with Crippen molar-refractivity contribution in [1.29, 1.82) is 0 Å². The van der Waals surface area contributed by atoms with Crippen LogP contribution in [0.5, 0.6) is 0 Å². The van der Waals surface area contributed by atoms with Crippen LogP contribution in [0, 0.1) is 0 Å². The lowest BCUT2D eigenvalue weighted by molar-refractivity contribution is -0.137. The molecule has 4 nitrogen and oxygen atoms in total. The number of piperidine rings is 1. The fourth-order valence-corrected chi connectivity index (χ4v) is 4.33. The number of hydrogen-bond donors (Lipinski definition) is 1. The highest BCUT2D eigenvalue weighted by Crippen LogP contribution is 2.35. The molecule has 2 heterocycles. The van der Waals surface area contributed by atoms with Crippen LogP contribution < -0.4 is 4.90 Å². The molecule has 1 spiro atoms. The smallest absolute Gasteiger partial charge is 0.0885 e. The van der Waals surface area contributed by atoms with E-state index in [1.54, 1.807) is 0 Å². The van der Waals surface area contributed by atoms with Gasteiger partial charge in [0, 0.05) is 45.0 Å². The number of rotatable bonds is 7. The van der Waals surface area contributed by atoms with E-state index in [1.165, 1.54) is 11.3 Å². The number of anilines is 1. The standard InChI is InChI=1S/C23H34N2O2.C2H4/c1-3-20(4-2)10-14-24-15-12-23(13-16-24)19-25(18-22(27-23)11-17-26)21-8-6-5-7-9-21;1-2/h3-9,22,26H,1,10-19H2,2H3;1-2H2/b20-4+;. The molecule has 0 amide bonds. The van der Waals surface area contributed by atoms with Gasteiger partial charge >= 0.3 is 0 Å². The molecule has 0 bridgehead atoms. The number of ether oxygens (including phenoxy) is 1. The van der Waals surface area contributed by atoms with Crippen LogP contribution in [-0.2, 0) is 4.74 Å². The minimum Gasteiger partial charge on any atom is -0.396 e. The Hall–Kier alpha value is -1.88. The number of likely N-dealkylation sites (tertiary alicyclic amines) is 1. The Bertz CT molecular complexity index is 635. The van der Waals surface area contributed by atoms with Gasteiger partial charge in [0.1, 0.15) is 0 Å². The second-order valence-corrected chi connectivity index (χ2v) is 7.81. The second kappa shape index (κ2) is 12.0. The molecule has 29 heavy (non-hydrogen) atoms. The molecule has 2 fully saturated rings. The molecule has 1 aromatic rings. The van der Waals surface area contributed by atoms with Crippen LogP contribution in [0.1, 0.15) is 32.6 Å². The number of allylic oxidation sites excluding steroid dienone is 2. The third-order valence-corrected chi connectivity index (χ3v) is 6.01. The van der Waals surface area contributed by atoms with Gasteiger partial charge in [0.05, 0.1) is 11.7 Å². The normalized spacial score (nSPS) is 22.1. The lowest BCUT2D eigenvalue weighted by atomic mass is 9.87. The van der Waals surface area contributed by atoms with E-state index in [9.17, 15) is 5.11 Å². The Morgan fingerprint density at radius 3 is 2.52 bits per heavy atom.